The fraction of sp³-hybridized carbons (Fsp3) is 0.174. The normalized spacial score (nSPS) is 15.0. The largest absolute Gasteiger partial charge is 0.464 e. The molecule has 1 aliphatic rings. The van der Waals surface area contributed by atoms with Gasteiger partial charge in [0.15, 0.2) is 0 Å². The van der Waals surface area contributed by atoms with Crippen LogP contribution in [0, 0.1) is 0 Å². The summed E-state index contributed by atoms with van der Waals surface area (Å²) in [4.78, 5) is 2.24. The number of allylic oxidation sites excluding steroid dienone is 1. The molecule has 0 amide bonds. The minimum atomic E-state index is -0.113. The van der Waals surface area contributed by atoms with Crippen LogP contribution in [0.3, 0.4) is 0 Å². The zero-order valence-corrected chi connectivity index (χ0v) is 14.8. The van der Waals surface area contributed by atoms with Crippen molar-refractivity contribution < 1.29 is 4.42 Å². The van der Waals surface area contributed by atoms with E-state index in [2.05, 4.69) is 67.9 Å². The number of furan rings is 1. The van der Waals surface area contributed by atoms with Gasteiger partial charge < -0.3 is 9.32 Å². The lowest BCUT2D eigenvalue weighted by molar-refractivity contribution is 0.553. The Morgan fingerprint density at radius 3 is 2.32 bits per heavy atom. The van der Waals surface area contributed by atoms with Gasteiger partial charge in [-0.25, -0.2) is 0 Å². The highest BCUT2D eigenvalue weighted by Crippen LogP contribution is 2.46. The number of fused-ring (bicyclic) bond motifs is 1. The highest BCUT2D eigenvalue weighted by atomic mass is 16.3. The van der Waals surface area contributed by atoms with Gasteiger partial charge in [0.25, 0.3) is 0 Å². The van der Waals surface area contributed by atoms with Crippen molar-refractivity contribution in [2.75, 3.05) is 11.9 Å². The van der Waals surface area contributed by atoms with E-state index >= 15 is 0 Å². The topological polar surface area (TPSA) is 16.4 Å². The highest BCUT2D eigenvalue weighted by molar-refractivity contribution is 5.79. The Morgan fingerprint density at radius 2 is 1.64 bits per heavy atom. The Bertz CT molecular complexity index is 958. The van der Waals surface area contributed by atoms with Gasteiger partial charge in [0, 0.05) is 18.2 Å². The summed E-state index contributed by atoms with van der Waals surface area (Å²) in [7, 11) is 2.11. The van der Waals surface area contributed by atoms with Crippen molar-refractivity contribution in [3.63, 3.8) is 0 Å². The molecule has 0 fully saturated rings. The molecule has 2 nitrogen and oxygen atoms in total. The summed E-state index contributed by atoms with van der Waals surface area (Å²) in [5.41, 5.74) is 9.36. The molecule has 0 atom stereocenters. The van der Waals surface area contributed by atoms with Gasteiger partial charge in [0.1, 0.15) is 5.76 Å². The van der Waals surface area contributed by atoms with Crippen molar-refractivity contribution in [1.82, 2.24) is 0 Å². The molecule has 0 saturated carbocycles. The van der Waals surface area contributed by atoms with Crippen LogP contribution in [-0.2, 0) is 5.41 Å². The lowest BCUT2D eigenvalue weighted by Crippen LogP contribution is -2.22. The molecule has 124 valence electrons. The van der Waals surface area contributed by atoms with Gasteiger partial charge in [0.2, 0.25) is 0 Å². The number of benzene rings is 2. The molecule has 0 saturated heterocycles. The number of rotatable bonds is 2. The fourth-order valence-corrected chi connectivity index (χ4v) is 3.62. The summed E-state index contributed by atoms with van der Waals surface area (Å²) in [5, 5.41) is 0. The monoisotopic (exact) mass is 327 g/mol. The second-order valence-electron chi connectivity index (χ2n) is 6.89. The molecule has 0 bridgehead atoms. The Labute approximate surface area is 148 Å². The SMILES string of the molecule is CN1C(=C=C(c2ccccc2)c2ccco2)C(C)(C)c2ccccc21. The predicted octanol–water partition coefficient (Wildman–Crippen LogP) is 5.62. The summed E-state index contributed by atoms with van der Waals surface area (Å²) in [6.45, 7) is 4.50. The first kappa shape index (κ1) is 15.6. The van der Waals surface area contributed by atoms with Gasteiger partial charge in [-0.3, -0.25) is 0 Å². The first-order valence-corrected chi connectivity index (χ1v) is 8.53. The predicted molar refractivity (Wildman–Crippen MR) is 103 cm³/mol. The highest BCUT2D eigenvalue weighted by Gasteiger charge is 2.38. The van der Waals surface area contributed by atoms with Gasteiger partial charge in [-0.2, -0.15) is 0 Å². The van der Waals surface area contributed by atoms with E-state index in [1.54, 1.807) is 6.26 Å². The smallest absolute Gasteiger partial charge is 0.142 e. The molecular weight excluding hydrogens is 306 g/mol. The Balaban J connectivity index is 2.00. The van der Waals surface area contributed by atoms with Crippen LogP contribution < -0.4 is 4.90 Å². The van der Waals surface area contributed by atoms with Gasteiger partial charge >= 0.3 is 0 Å². The van der Waals surface area contributed by atoms with E-state index < -0.39 is 0 Å². The molecule has 1 aromatic heterocycles. The first-order valence-electron chi connectivity index (χ1n) is 8.53. The van der Waals surface area contributed by atoms with Crippen LogP contribution >= 0.6 is 0 Å². The summed E-state index contributed by atoms with van der Waals surface area (Å²) >= 11 is 0. The van der Waals surface area contributed by atoms with Crippen molar-refractivity contribution in [3.05, 3.63) is 101 Å². The number of hydrogen-bond donors (Lipinski definition) is 0. The molecule has 4 rings (SSSR count). The molecule has 2 heterocycles. The average Bonchev–Trinajstić information content (AvgIpc) is 3.22. The zero-order chi connectivity index (χ0) is 17.4. The molecule has 0 spiro atoms. The summed E-state index contributed by atoms with van der Waals surface area (Å²) in [6, 6.07) is 22.8. The molecular formula is C23H21NO. The summed E-state index contributed by atoms with van der Waals surface area (Å²) in [5.74, 6) is 0.832. The number of nitrogens with zero attached hydrogens (tertiary/aromatic N) is 1. The standard InChI is InChI=1S/C23H21NO/c1-23(2)19-12-7-8-13-20(19)24(3)22(23)16-18(21-14-9-15-25-21)17-10-5-4-6-11-17/h4-15H,1-3H3. The molecule has 25 heavy (non-hydrogen) atoms. The molecule has 0 radical (unpaired) electrons. The van der Waals surface area contributed by atoms with Gasteiger partial charge in [-0.1, -0.05) is 54.3 Å². The Hall–Kier alpha value is -2.96. The van der Waals surface area contributed by atoms with Crippen LogP contribution in [-0.4, -0.2) is 7.05 Å². The van der Waals surface area contributed by atoms with Crippen LogP contribution in [0.25, 0.3) is 5.57 Å². The second kappa shape index (κ2) is 5.84. The molecule has 2 aromatic carbocycles. The van der Waals surface area contributed by atoms with Crippen LogP contribution in [0.2, 0.25) is 0 Å². The fourth-order valence-electron chi connectivity index (χ4n) is 3.62. The molecule has 3 aromatic rings. The van der Waals surface area contributed by atoms with E-state index in [4.69, 9.17) is 4.42 Å². The van der Waals surface area contributed by atoms with E-state index in [1.165, 1.54) is 11.3 Å². The van der Waals surface area contributed by atoms with Crippen LogP contribution in [0.4, 0.5) is 5.69 Å². The zero-order valence-electron chi connectivity index (χ0n) is 14.8. The minimum absolute atomic E-state index is 0.113. The van der Waals surface area contributed by atoms with Gasteiger partial charge in [-0.15, -0.1) is 0 Å². The second-order valence-corrected chi connectivity index (χ2v) is 6.89. The van der Waals surface area contributed by atoms with E-state index in [1.807, 2.05) is 30.3 Å². The summed E-state index contributed by atoms with van der Waals surface area (Å²) in [6.07, 6.45) is 1.71. The Morgan fingerprint density at radius 1 is 0.920 bits per heavy atom. The third-order valence-corrected chi connectivity index (χ3v) is 4.94. The van der Waals surface area contributed by atoms with E-state index in [9.17, 15) is 0 Å². The quantitative estimate of drug-likeness (QED) is 0.568. The third-order valence-electron chi connectivity index (χ3n) is 4.94. The van der Waals surface area contributed by atoms with Crippen molar-refractivity contribution in [2.24, 2.45) is 0 Å². The lowest BCUT2D eigenvalue weighted by Gasteiger charge is -2.22. The van der Waals surface area contributed by atoms with Gasteiger partial charge in [0.05, 0.1) is 17.5 Å². The summed E-state index contributed by atoms with van der Waals surface area (Å²) < 4.78 is 5.71. The first-order chi connectivity index (χ1) is 12.1. The van der Waals surface area contributed by atoms with Crippen molar-refractivity contribution in [3.8, 4) is 0 Å². The van der Waals surface area contributed by atoms with Crippen LogP contribution in [0.5, 0.6) is 0 Å². The van der Waals surface area contributed by atoms with Crippen molar-refractivity contribution >= 4 is 11.3 Å². The maximum absolute atomic E-state index is 5.71. The lowest BCUT2D eigenvalue weighted by atomic mass is 9.84. The van der Waals surface area contributed by atoms with Crippen LogP contribution in [0.1, 0.15) is 30.7 Å². The van der Waals surface area contributed by atoms with E-state index in [-0.39, 0.29) is 5.41 Å². The molecule has 0 aliphatic carbocycles. The molecule has 2 heteroatoms. The van der Waals surface area contributed by atoms with Crippen LogP contribution in [0.15, 0.2) is 88.8 Å². The molecule has 0 N–H and O–H groups in total. The minimum Gasteiger partial charge on any atom is -0.464 e. The van der Waals surface area contributed by atoms with E-state index in [0.717, 1.165) is 22.6 Å². The van der Waals surface area contributed by atoms with Crippen molar-refractivity contribution in [2.45, 2.75) is 19.3 Å². The maximum Gasteiger partial charge on any atom is 0.142 e. The number of anilines is 1. The average molecular weight is 327 g/mol. The maximum atomic E-state index is 5.71. The van der Waals surface area contributed by atoms with Crippen molar-refractivity contribution in [1.29, 1.82) is 0 Å². The Kier molecular flexibility index (Phi) is 3.63. The third kappa shape index (κ3) is 2.52. The molecule has 0 unspecified atom stereocenters. The molecule has 1 aliphatic heterocycles. The number of para-hydroxylation sites is 1. The van der Waals surface area contributed by atoms with Gasteiger partial charge in [-0.05, 0) is 43.2 Å². The van der Waals surface area contributed by atoms with E-state index in [0.29, 0.717) is 0 Å². The number of hydrogen-bond acceptors (Lipinski definition) is 2. The number of likely N-dealkylation sites (N-methyl/N-ethyl adjacent to an activating group) is 1.